The topological polar surface area (TPSA) is 41.5 Å². The number of benzene rings is 2. The zero-order valence-electron chi connectivity index (χ0n) is 11.2. The lowest BCUT2D eigenvalue weighted by molar-refractivity contribution is 0.412. The highest BCUT2D eigenvalue weighted by atomic mass is 79.9. The molecule has 0 fully saturated rings. The van der Waals surface area contributed by atoms with Crippen molar-refractivity contribution in [2.45, 2.75) is 13.0 Å². The van der Waals surface area contributed by atoms with Crippen LogP contribution in [0.25, 0.3) is 0 Å². The van der Waals surface area contributed by atoms with Crippen LogP contribution in [0.3, 0.4) is 0 Å². The highest BCUT2D eigenvalue weighted by Gasteiger charge is 2.11. The van der Waals surface area contributed by atoms with E-state index >= 15 is 0 Å². The second kappa shape index (κ2) is 6.50. The van der Waals surface area contributed by atoms with Crippen molar-refractivity contribution >= 4 is 37.5 Å². The molecule has 0 radical (unpaired) electrons. The number of rotatable bonds is 4. The molecule has 0 aliphatic carbocycles. The Labute approximate surface area is 135 Å². The van der Waals surface area contributed by atoms with Crippen molar-refractivity contribution in [2.24, 2.45) is 0 Å². The van der Waals surface area contributed by atoms with E-state index in [1.807, 2.05) is 24.3 Å². The monoisotopic (exact) mass is 399 g/mol. The lowest BCUT2D eigenvalue weighted by Crippen LogP contribution is -2.07. The highest BCUT2D eigenvalue weighted by molar-refractivity contribution is 9.11. The molecule has 20 heavy (non-hydrogen) atoms. The van der Waals surface area contributed by atoms with E-state index in [1.54, 1.807) is 19.2 Å². The lowest BCUT2D eigenvalue weighted by Gasteiger charge is -2.18. The van der Waals surface area contributed by atoms with Crippen LogP contribution in [0.5, 0.6) is 11.5 Å². The predicted octanol–water partition coefficient (Wildman–Crippen LogP) is 5.10. The Morgan fingerprint density at radius 2 is 1.75 bits per heavy atom. The number of phenols is 1. The summed E-state index contributed by atoms with van der Waals surface area (Å²) in [5.74, 6) is 1.04. The normalized spacial score (nSPS) is 12.0. The van der Waals surface area contributed by atoms with Gasteiger partial charge in [-0.3, -0.25) is 0 Å². The molecule has 0 spiro atoms. The zero-order valence-corrected chi connectivity index (χ0v) is 14.3. The van der Waals surface area contributed by atoms with E-state index < -0.39 is 0 Å². The van der Waals surface area contributed by atoms with Gasteiger partial charge in [-0.1, -0.05) is 12.1 Å². The van der Waals surface area contributed by atoms with E-state index in [-0.39, 0.29) is 11.8 Å². The fraction of sp³-hybridized carbons (Fsp3) is 0.200. The Hall–Kier alpha value is -1.20. The summed E-state index contributed by atoms with van der Waals surface area (Å²) in [4.78, 5) is 0. The lowest BCUT2D eigenvalue weighted by atomic mass is 10.1. The van der Waals surface area contributed by atoms with Gasteiger partial charge in [-0.15, -0.1) is 0 Å². The summed E-state index contributed by atoms with van der Waals surface area (Å²) in [6, 6.07) is 11.2. The molecule has 3 nitrogen and oxygen atoms in total. The Kier molecular flexibility index (Phi) is 4.94. The van der Waals surface area contributed by atoms with Crippen LogP contribution in [0.4, 0.5) is 5.69 Å². The number of aromatic hydroxyl groups is 1. The van der Waals surface area contributed by atoms with Crippen LogP contribution in [0.1, 0.15) is 18.5 Å². The average Bonchev–Trinajstić information content (AvgIpc) is 2.42. The van der Waals surface area contributed by atoms with E-state index in [0.29, 0.717) is 0 Å². The number of methoxy groups -OCH3 is 1. The van der Waals surface area contributed by atoms with Crippen molar-refractivity contribution < 1.29 is 9.84 Å². The maximum absolute atomic E-state index is 9.32. The first-order valence-electron chi connectivity index (χ1n) is 6.09. The quantitative estimate of drug-likeness (QED) is 0.750. The van der Waals surface area contributed by atoms with Crippen LogP contribution in [0.2, 0.25) is 0 Å². The molecule has 1 unspecified atom stereocenters. The molecule has 0 aliphatic rings. The summed E-state index contributed by atoms with van der Waals surface area (Å²) >= 11 is 6.99. The summed E-state index contributed by atoms with van der Waals surface area (Å²) in [7, 11) is 1.64. The highest BCUT2D eigenvalue weighted by Crippen LogP contribution is 2.36. The smallest absolute Gasteiger partial charge is 0.135 e. The molecule has 2 rings (SSSR count). The molecule has 0 aromatic heterocycles. The molecule has 0 saturated carbocycles. The third-order valence-corrected chi connectivity index (χ3v) is 4.28. The minimum absolute atomic E-state index is 0.109. The van der Waals surface area contributed by atoms with E-state index in [0.717, 1.165) is 25.9 Å². The first kappa shape index (κ1) is 15.2. The van der Waals surface area contributed by atoms with Crippen molar-refractivity contribution in [1.82, 2.24) is 0 Å². The standard InChI is InChI=1S/C15H15Br2NO2/c1-9(10-3-5-11(19)6-4-10)18-14-8-15(20-2)13(17)7-12(14)16/h3-9,18-19H,1-2H3. The Balaban J connectivity index is 2.23. The van der Waals surface area contributed by atoms with E-state index in [9.17, 15) is 5.11 Å². The van der Waals surface area contributed by atoms with Gasteiger partial charge in [0.05, 0.1) is 17.3 Å². The number of hydrogen-bond acceptors (Lipinski definition) is 3. The van der Waals surface area contributed by atoms with Gasteiger partial charge in [0, 0.05) is 16.6 Å². The second-order valence-corrected chi connectivity index (χ2v) is 6.13. The summed E-state index contributed by atoms with van der Waals surface area (Å²) in [5, 5.41) is 12.7. The van der Waals surface area contributed by atoms with Crippen LogP contribution in [-0.4, -0.2) is 12.2 Å². The predicted molar refractivity (Wildman–Crippen MR) is 88.5 cm³/mol. The number of phenolic OH excluding ortho intramolecular Hbond substituents is 1. The van der Waals surface area contributed by atoms with Crippen molar-refractivity contribution in [3.63, 3.8) is 0 Å². The zero-order chi connectivity index (χ0) is 14.7. The molecular formula is C15H15Br2NO2. The van der Waals surface area contributed by atoms with Gasteiger partial charge in [-0.05, 0) is 62.5 Å². The molecular weight excluding hydrogens is 386 g/mol. The van der Waals surface area contributed by atoms with Crippen molar-refractivity contribution in [3.8, 4) is 11.5 Å². The van der Waals surface area contributed by atoms with E-state index in [1.165, 1.54) is 0 Å². The van der Waals surface area contributed by atoms with Gasteiger partial charge in [0.2, 0.25) is 0 Å². The van der Waals surface area contributed by atoms with Crippen molar-refractivity contribution in [3.05, 3.63) is 50.9 Å². The Morgan fingerprint density at radius 3 is 2.35 bits per heavy atom. The largest absolute Gasteiger partial charge is 0.508 e. The van der Waals surface area contributed by atoms with Gasteiger partial charge < -0.3 is 15.2 Å². The first-order chi connectivity index (χ1) is 9.51. The van der Waals surface area contributed by atoms with Gasteiger partial charge in [0.15, 0.2) is 0 Å². The van der Waals surface area contributed by atoms with Crippen molar-refractivity contribution in [1.29, 1.82) is 0 Å². The summed E-state index contributed by atoms with van der Waals surface area (Å²) < 4.78 is 7.16. The van der Waals surface area contributed by atoms with Gasteiger partial charge in [-0.2, -0.15) is 0 Å². The Bertz CT molecular complexity index is 600. The summed E-state index contributed by atoms with van der Waals surface area (Å²) in [6.45, 7) is 2.06. The maximum atomic E-state index is 9.32. The minimum Gasteiger partial charge on any atom is -0.508 e. The summed E-state index contributed by atoms with van der Waals surface area (Å²) in [5.41, 5.74) is 2.04. The number of hydrogen-bond donors (Lipinski definition) is 2. The summed E-state index contributed by atoms with van der Waals surface area (Å²) in [6.07, 6.45) is 0. The van der Waals surface area contributed by atoms with E-state index in [4.69, 9.17) is 4.74 Å². The number of anilines is 1. The van der Waals surface area contributed by atoms with Gasteiger partial charge >= 0.3 is 0 Å². The van der Waals surface area contributed by atoms with Gasteiger partial charge in [-0.25, -0.2) is 0 Å². The molecule has 0 aliphatic heterocycles. The molecule has 106 valence electrons. The molecule has 2 aromatic carbocycles. The molecule has 0 saturated heterocycles. The van der Waals surface area contributed by atoms with Crippen molar-refractivity contribution in [2.75, 3.05) is 12.4 Å². The number of ether oxygens (including phenoxy) is 1. The molecule has 5 heteroatoms. The Morgan fingerprint density at radius 1 is 1.10 bits per heavy atom. The molecule has 2 aromatic rings. The maximum Gasteiger partial charge on any atom is 0.135 e. The van der Waals surface area contributed by atoms with Crippen LogP contribution >= 0.6 is 31.9 Å². The fourth-order valence-electron chi connectivity index (χ4n) is 1.88. The number of halogens is 2. The van der Waals surface area contributed by atoms with Crippen LogP contribution in [-0.2, 0) is 0 Å². The van der Waals surface area contributed by atoms with Crippen LogP contribution < -0.4 is 10.1 Å². The fourth-order valence-corrected chi connectivity index (χ4v) is 3.15. The molecule has 1 atom stereocenters. The molecule has 0 bridgehead atoms. The van der Waals surface area contributed by atoms with Gasteiger partial charge in [0.25, 0.3) is 0 Å². The molecule has 0 amide bonds. The molecule has 0 heterocycles. The number of nitrogens with one attached hydrogen (secondary N) is 1. The molecule has 2 N–H and O–H groups in total. The van der Waals surface area contributed by atoms with Crippen LogP contribution in [0, 0.1) is 0 Å². The average molecular weight is 401 g/mol. The van der Waals surface area contributed by atoms with Gasteiger partial charge in [0.1, 0.15) is 11.5 Å². The third-order valence-electron chi connectivity index (χ3n) is 3.01. The SMILES string of the molecule is COc1cc(NC(C)c2ccc(O)cc2)c(Br)cc1Br. The third kappa shape index (κ3) is 3.46. The minimum atomic E-state index is 0.109. The second-order valence-electron chi connectivity index (χ2n) is 4.42. The van der Waals surface area contributed by atoms with E-state index in [2.05, 4.69) is 44.1 Å². The van der Waals surface area contributed by atoms with Crippen LogP contribution in [0.15, 0.2) is 45.3 Å². The first-order valence-corrected chi connectivity index (χ1v) is 7.68.